The minimum atomic E-state index is -0.156. The zero-order valence-corrected chi connectivity index (χ0v) is 21.5. The summed E-state index contributed by atoms with van der Waals surface area (Å²) in [6, 6.07) is 30.5. The number of benzene rings is 3. The fourth-order valence-electron chi connectivity index (χ4n) is 3.69. The largest absolute Gasteiger partial charge is 0.497 e. The molecule has 3 aromatic carbocycles. The van der Waals surface area contributed by atoms with Crippen molar-refractivity contribution in [3.8, 4) is 28.7 Å². The quantitative estimate of drug-likeness (QED) is 0.237. The first-order chi connectivity index (χ1) is 18.7. The van der Waals surface area contributed by atoms with Crippen molar-refractivity contribution in [1.82, 2.24) is 19.7 Å². The number of ether oxygens (including phenoxy) is 2. The molecule has 5 rings (SSSR count). The molecule has 5 aromatic rings. The third-order valence-electron chi connectivity index (χ3n) is 5.58. The first-order valence-corrected chi connectivity index (χ1v) is 12.9. The van der Waals surface area contributed by atoms with Gasteiger partial charge in [-0.1, -0.05) is 48.2 Å². The lowest BCUT2D eigenvalue weighted by atomic mass is 10.2. The number of hydrogen-bond donors (Lipinski definition) is 1. The van der Waals surface area contributed by atoms with Crippen LogP contribution in [0.3, 0.4) is 0 Å². The molecule has 9 heteroatoms. The maximum atomic E-state index is 12.7. The van der Waals surface area contributed by atoms with Gasteiger partial charge in [-0.25, -0.2) is 0 Å². The molecular formula is C29H25N5O3S. The smallest absolute Gasteiger partial charge is 0.234 e. The van der Waals surface area contributed by atoms with Crippen LogP contribution < -0.4 is 14.8 Å². The summed E-state index contributed by atoms with van der Waals surface area (Å²) in [7, 11) is 1.62. The van der Waals surface area contributed by atoms with Crippen LogP contribution in [0.1, 0.15) is 5.56 Å². The van der Waals surface area contributed by atoms with Gasteiger partial charge in [0, 0.05) is 11.9 Å². The average molecular weight is 524 g/mol. The second kappa shape index (κ2) is 12.1. The van der Waals surface area contributed by atoms with Gasteiger partial charge in [-0.2, -0.15) is 0 Å². The topological polar surface area (TPSA) is 91.2 Å². The van der Waals surface area contributed by atoms with Crippen molar-refractivity contribution in [2.45, 2.75) is 11.8 Å². The summed E-state index contributed by atoms with van der Waals surface area (Å²) in [6.07, 6.45) is 1.71. The maximum absolute atomic E-state index is 12.7. The van der Waals surface area contributed by atoms with E-state index in [9.17, 15) is 4.79 Å². The van der Waals surface area contributed by atoms with E-state index in [4.69, 9.17) is 9.47 Å². The van der Waals surface area contributed by atoms with Gasteiger partial charge in [0.05, 0.1) is 18.6 Å². The van der Waals surface area contributed by atoms with Gasteiger partial charge in [0.1, 0.15) is 23.8 Å². The lowest BCUT2D eigenvalue weighted by Crippen LogP contribution is -2.14. The third kappa shape index (κ3) is 6.19. The Morgan fingerprint density at radius 2 is 1.61 bits per heavy atom. The third-order valence-corrected chi connectivity index (χ3v) is 6.51. The van der Waals surface area contributed by atoms with E-state index < -0.39 is 0 Å². The number of thioether (sulfide) groups is 1. The molecule has 0 aliphatic heterocycles. The van der Waals surface area contributed by atoms with Gasteiger partial charge < -0.3 is 14.8 Å². The van der Waals surface area contributed by atoms with E-state index in [1.54, 1.807) is 13.3 Å². The summed E-state index contributed by atoms with van der Waals surface area (Å²) in [4.78, 5) is 17.2. The number of methoxy groups -OCH3 is 1. The van der Waals surface area contributed by atoms with Crippen LogP contribution in [0.25, 0.3) is 17.2 Å². The van der Waals surface area contributed by atoms with Crippen LogP contribution in [-0.2, 0) is 11.4 Å². The van der Waals surface area contributed by atoms with Gasteiger partial charge in [-0.15, -0.1) is 10.2 Å². The zero-order chi connectivity index (χ0) is 26.2. The van der Waals surface area contributed by atoms with Crippen LogP contribution >= 0.6 is 11.8 Å². The van der Waals surface area contributed by atoms with Crippen molar-refractivity contribution in [2.24, 2.45) is 0 Å². The SMILES string of the molecule is COc1ccc(-n2c(SCC(=O)Nc3ccc(OCc4ccccc4)cc3)nnc2-c2ccccn2)cc1. The van der Waals surface area contributed by atoms with Crippen molar-refractivity contribution in [3.63, 3.8) is 0 Å². The highest BCUT2D eigenvalue weighted by atomic mass is 32.2. The van der Waals surface area contributed by atoms with Crippen molar-refractivity contribution in [3.05, 3.63) is 109 Å². The predicted octanol–water partition coefficient (Wildman–Crippen LogP) is 5.65. The Hall–Kier alpha value is -4.63. The lowest BCUT2D eigenvalue weighted by Gasteiger charge is -2.11. The highest BCUT2D eigenvalue weighted by Gasteiger charge is 2.18. The highest BCUT2D eigenvalue weighted by molar-refractivity contribution is 7.99. The van der Waals surface area contributed by atoms with Gasteiger partial charge in [-0.3, -0.25) is 14.3 Å². The number of anilines is 1. The Balaban J connectivity index is 1.25. The number of aromatic nitrogens is 4. The molecule has 1 N–H and O–H groups in total. The van der Waals surface area contributed by atoms with Crippen LogP contribution in [0.15, 0.2) is 108 Å². The number of nitrogens with one attached hydrogen (secondary N) is 1. The molecule has 2 aromatic heterocycles. The Labute approximate surface area is 224 Å². The number of carbonyl (C=O) groups is 1. The first kappa shape index (κ1) is 25.0. The number of nitrogens with zero attached hydrogens (tertiary/aromatic N) is 4. The summed E-state index contributed by atoms with van der Waals surface area (Å²) in [5.41, 5.74) is 3.30. The van der Waals surface area contributed by atoms with Gasteiger partial charge in [-0.05, 0) is 66.2 Å². The second-order valence-electron chi connectivity index (χ2n) is 8.19. The molecule has 0 radical (unpaired) electrons. The molecule has 0 spiro atoms. The molecule has 1 amide bonds. The van der Waals surface area contributed by atoms with Crippen molar-refractivity contribution >= 4 is 23.4 Å². The van der Waals surface area contributed by atoms with Crippen LogP contribution in [0.2, 0.25) is 0 Å². The molecule has 0 unspecified atom stereocenters. The van der Waals surface area contributed by atoms with Crippen LogP contribution in [0, 0.1) is 0 Å². The van der Waals surface area contributed by atoms with Gasteiger partial charge >= 0.3 is 0 Å². The average Bonchev–Trinajstić information content (AvgIpc) is 3.41. The minimum Gasteiger partial charge on any atom is -0.497 e. The predicted molar refractivity (Wildman–Crippen MR) is 148 cm³/mol. The Morgan fingerprint density at radius 3 is 2.32 bits per heavy atom. The van der Waals surface area contributed by atoms with E-state index in [0.717, 1.165) is 22.7 Å². The van der Waals surface area contributed by atoms with E-state index in [1.807, 2.05) is 102 Å². The van der Waals surface area contributed by atoms with Gasteiger partial charge in [0.15, 0.2) is 11.0 Å². The number of pyridine rings is 1. The van der Waals surface area contributed by atoms with Crippen LogP contribution in [0.4, 0.5) is 5.69 Å². The molecule has 38 heavy (non-hydrogen) atoms. The molecule has 0 saturated carbocycles. The summed E-state index contributed by atoms with van der Waals surface area (Å²) in [6.45, 7) is 0.485. The standard InChI is InChI=1S/C29H25N5O3S/c1-36-24-16-12-23(13-17-24)34-28(26-9-5-6-18-30-26)32-33-29(34)38-20-27(35)31-22-10-14-25(15-11-22)37-19-21-7-3-2-4-8-21/h2-18H,19-20H2,1H3,(H,31,35). The van der Waals surface area contributed by atoms with E-state index in [0.29, 0.717) is 29.0 Å². The number of carbonyl (C=O) groups excluding carboxylic acids is 1. The van der Waals surface area contributed by atoms with Crippen molar-refractivity contribution in [1.29, 1.82) is 0 Å². The Bertz CT molecular complexity index is 1470. The fraction of sp³-hybridized carbons (Fsp3) is 0.103. The number of amides is 1. The summed E-state index contributed by atoms with van der Waals surface area (Å²) in [5.74, 6) is 2.06. The van der Waals surface area contributed by atoms with Crippen molar-refractivity contribution in [2.75, 3.05) is 18.2 Å². The Kier molecular flexibility index (Phi) is 7.95. The molecular weight excluding hydrogens is 498 g/mol. The molecule has 0 fully saturated rings. The summed E-state index contributed by atoms with van der Waals surface area (Å²) in [5, 5.41) is 12.2. The van der Waals surface area contributed by atoms with E-state index in [1.165, 1.54) is 11.8 Å². The van der Waals surface area contributed by atoms with E-state index in [2.05, 4.69) is 20.5 Å². The highest BCUT2D eigenvalue weighted by Crippen LogP contribution is 2.28. The van der Waals surface area contributed by atoms with Gasteiger partial charge in [0.25, 0.3) is 0 Å². The Morgan fingerprint density at radius 1 is 0.868 bits per heavy atom. The monoisotopic (exact) mass is 523 g/mol. The minimum absolute atomic E-state index is 0.156. The number of hydrogen-bond acceptors (Lipinski definition) is 7. The molecule has 0 atom stereocenters. The lowest BCUT2D eigenvalue weighted by molar-refractivity contribution is -0.113. The molecule has 0 aliphatic carbocycles. The molecule has 0 saturated heterocycles. The second-order valence-corrected chi connectivity index (χ2v) is 9.13. The number of rotatable bonds is 10. The maximum Gasteiger partial charge on any atom is 0.234 e. The van der Waals surface area contributed by atoms with Crippen molar-refractivity contribution < 1.29 is 14.3 Å². The molecule has 2 heterocycles. The van der Waals surface area contributed by atoms with Crippen LogP contribution in [-0.4, -0.2) is 38.5 Å². The van der Waals surface area contributed by atoms with E-state index >= 15 is 0 Å². The normalized spacial score (nSPS) is 10.7. The molecule has 0 aliphatic rings. The molecule has 8 nitrogen and oxygen atoms in total. The van der Waals surface area contributed by atoms with Gasteiger partial charge in [0.2, 0.25) is 5.91 Å². The summed E-state index contributed by atoms with van der Waals surface area (Å²) >= 11 is 1.30. The summed E-state index contributed by atoms with van der Waals surface area (Å²) < 4.78 is 13.0. The zero-order valence-electron chi connectivity index (χ0n) is 20.7. The van der Waals surface area contributed by atoms with E-state index in [-0.39, 0.29) is 11.7 Å². The van der Waals surface area contributed by atoms with Crippen LogP contribution in [0.5, 0.6) is 11.5 Å². The fourth-order valence-corrected chi connectivity index (χ4v) is 4.44. The molecule has 190 valence electrons. The molecule has 0 bridgehead atoms. The first-order valence-electron chi connectivity index (χ1n) is 11.9.